The van der Waals surface area contributed by atoms with E-state index in [2.05, 4.69) is 23.9 Å². The monoisotopic (exact) mass is 292 g/mol. The maximum absolute atomic E-state index is 11.9. The number of piperidine rings is 1. The Morgan fingerprint density at radius 2 is 2.21 bits per heavy atom. The molecule has 1 aliphatic heterocycles. The summed E-state index contributed by atoms with van der Waals surface area (Å²) in [4.78, 5) is 0. The van der Waals surface area contributed by atoms with Gasteiger partial charge in [-0.1, -0.05) is 13.8 Å². The van der Waals surface area contributed by atoms with Gasteiger partial charge in [0.05, 0.1) is 5.75 Å². The van der Waals surface area contributed by atoms with Crippen LogP contribution in [-0.4, -0.2) is 47.0 Å². The number of ether oxygens (including phenoxy) is 1. The Morgan fingerprint density at radius 3 is 2.84 bits per heavy atom. The highest BCUT2D eigenvalue weighted by atomic mass is 32.2. The van der Waals surface area contributed by atoms with E-state index in [1.807, 2.05) is 0 Å². The minimum absolute atomic E-state index is 0.243. The van der Waals surface area contributed by atoms with Crippen molar-refractivity contribution in [2.45, 2.75) is 33.1 Å². The molecule has 0 spiro atoms. The minimum atomic E-state index is -3.13. The molecule has 0 aromatic rings. The molecule has 114 valence electrons. The molecule has 0 amide bonds. The van der Waals surface area contributed by atoms with Gasteiger partial charge in [-0.15, -0.1) is 0 Å². The molecular weight excluding hydrogens is 264 g/mol. The lowest BCUT2D eigenvalue weighted by molar-refractivity contribution is 0.108. The van der Waals surface area contributed by atoms with Crippen molar-refractivity contribution in [1.29, 1.82) is 0 Å². The van der Waals surface area contributed by atoms with E-state index in [9.17, 15) is 8.42 Å². The van der Waals surface area contributed by atoms with Crippen molar-refractivity contribution < 1.29 is 13.2 Å². The summed E-state index contributed by atoms with van der Waals surface area (Å²) in [6, 6.07) is 0. The van der Waals surface area contributed by atoms with E-state index in [1.54, 1.807) is 0 Å². The standard InChI is InChI=1S/C13H28N2O3S/c1-12(2)10-18-8-4-7-15-19(16,17)11-13-5-3-6-14-9-13/h12-15H,3-11H2,1-2H3. The zero-order valence-corrected chi connectivity index (χ0v) is 13.0. The fourth-order valence-electron chi connectivity index (χ4n) is 2.16. The van der Waals surface area contributed by atoms with E-state index in [0.717, 1.165) is 39.0 Å². The first-order valence-electron chi connectivity index (χ1n) is 7.25. The first-order chi connectivity index (χ1) is 8.99. The maximum Gasteiger partial charge on any atom is 0.211 e. The number of nitrogens with one attached hydrogen (secondary N) is 2. The molecule has 0 aliphatic carbocycles. The van der Waals surface area contributed by atoms with Crippen molar-refractivity contribution in [3.63, 3.8) is 0 Å². The van der Waals surface area contributed by atoms with Gasteiger partial charge in [0.2, 0.25) is 10.0 Å². The molecule has 1 unspecified atom stereocenters. The Labute approximate surface area is 117 Å². The fraction of sp³-hybridized carbons (Fsp3) is 1.00. The molecule has 1 saturated heterocycles. The third-order valence-electron chi connectivity index (χ3n) is 3.09. The second-order valence-electron chi connectivity index (χ2n) is 5.71. The van der Waals surface area contributed by atoms with Crippen LogP contribution in [0.5, 0.6) is 0 Å². The SMILES string of the molecule is CC(C)COCCCNS(=O)(=O)CC1CCCNC1. The molecule has 0 radical (unpaired) electrons. The smallest absolute Gasteiger partial charge is 0.211 e. The molecular formula is C13H28N2O3S. The van der Waals surface area contributed by atoms with Crippen molar-refractivity contribution in [2.24, 2.45) is 11.8 Å². The first kappa shape index (κ1) is 16.9. The molecule has 0 bridgehead atoms. The molecule has 1 fully saturated rings. The van der Waals surface area contributed by atoms with Gasteiger partial charge in [-0.3, -0.25) is 0 Å². The molecule has 0 aromatic heterocycles. The summed E-state index contributed by atoms with van der Waals surface area (Å²) < 4.78 is 31.8. The van der Waals surface area contributed by atoms with Crippen LogP contribution >= 0.6 is 0 Å². The number of hydrogen-bond acceptors (Lipinski definition) is 4. The van der Waals surface area contributed by atoms with Gasteiger partial charge in [0.1, 0.15) is 0 Å². The molecule has 19 heavy (non-hydrogen) atoms. The molecule has 0 aromatic carbocycles. The van der Waals surface area contributed by atoms with Gasteiger partial charge in [0, 0.05) is 19.8 Å². The van der Waals surface area contributed by atoms with Crippen molar-refractivity contribution in [3.05, 3.63) is 0 Å². The van der Waals surface area contributed by atoms with Gasteiger partial charge >= 0.3 is 0 Å². The molecule has 6 heteroatoms. The van der Waals surface area contributed by atoms with Crippen molar-refractivity contribution in [3.8, 4) is 0 Å². The summed E-state index contributed by atoms with van der Waals surface area (Å²) in [5.41, 5.74) is 0. The van der Waals surface area contributed by atoms with Crippen LogP contribution in [0.2, 0.25) is 0 Å². The minimum Gasteiger partial charge on any atom is -0.381 e. The molecule has 1 rings (SSSR count). The van der Waals surface area contributed by atoms with E-state index in [4.69, 9.17) is 4.74 Å². The summed E-state index contributed by atoms with van der Waals surface area (Å²) >= 11 is 0. The summed E-state index contributed by atoms with van der Waals surface area (Å²) in [6.45, 7) is 7.85. The largest absolute Gasteiger partial charge is 0.381 e. The highest BCUT2D eigenvalue weighted by Crippen LogP contribution is 2.11. The topological polar surface area (TPSA) is 67.4 Å². The van der Waals surface area contributed by atoms with E-state index in [0.29, 0.717) is 19.1 Å². The average Bonchev–Trinajstić information content (AvgIpc) is 2.34. The van der Waals surface area contributed by atoms with E-state index < -0.39 is 10.0 Å². The van der Waals surface area contributed by atoms with Crippen LogP contribution in [0.25, 0.3) is 0 Å². The van der Waals surface area contributed by atoms with Crippen molar-refractivity contribution >= 4 is 10.0 Å². The van der Waals surface area contributed by atoms with E-state index in [-0.39, 0.29) is 11.7 Å². The Hall–Kier alpha value is -0.170. The highest BCUT2D eigenvalue weighted by Gasteiger charge is 2.20. The summed E-state index contributed by atoms with van der Waals surface area (Å²) in [7, 11) is -3.13. The molecule has 5 nitrogen and oxygen atoms in total. The fourth-order valence-corrected chi connectivity index (χ4v) is 3.63. The third kappa shape index (κ3) is 8.57. The summed E-state index contributed by atoms with van der Waals surface area (Å²) in [5.74, 6) is 1.02. The Balaban J connectivity index is 2.09. The molecule has 1 atom stereocenters. The Kier molecular flexibility index (Phi) is 7.90. The van der Waals surface area contributed by atoms with Crippen molar-refractivity contribution in [1.82, 2.24) is 10.0 Å². The molecule has 0 saturated carbocycles. The van der Waals surface area contributed by atoms with Gasteiger partial charge < -0.3 is 10.1 Å². The van der Waals surface area contributed by atoms with E-state index >= 15 is 0 Å². The van der Waals surface area contributed by atoms with Gasteiger partial charge in [-0.05, 0) is 44.2 Å². The second-order valence-corrected chi connectivity index (χ2v) is 7.56. The predicted octanol–water partition coefficient (Wildman–Crippen LogP) is 0.968. The van der Waals surface area contributed by atoms with Gasteiger partial charge in [0.15, 0.2) is 0 Å². The van der Waals surface area contributed by atoms with Crippen LogP contribution in [0.1, 0.15) is 33.1 Å². The normalized spacial score (nSPS) is 20.9. The van der Waals surface area contributed by atoms with Crippen LogP contribution in [0, 0.1) is 11.8 Å². The summed E-state index contributed by atoms with van der Waals surface area (Å²) in [6.07, 6.45) is 2.81. The lowest BCUT2D eigenvalue weighted by atomic mass is 10.0. The zero-order valence-electron chi connectivity index (χ0n) is 12.2. The second kappa shape index (κ2) is 8.89. The van der Waals surface area contributed by atoms with Crippen LogP contribution in [-0.2, 0) is 14.8 Å². The van der Waals surface area contributed by atoms with Crippen LogP contribution in [0.3, 0.4) is 0 Å². The Bertz CT molecular complexity index is 325. The van der Waals surface area contributed by atoms with Crippen LogP contribution < -0.4 is 10.0 Å². The number of rotatable bonds is 9. The average molecular weight is 292 g/mol. The molecule has 1 heterocycles. The van der Waals surface area contributed by atoms with Crippen LogP contribution in [0.15, 0.2) is 0 Å². The van der Waals surface area contributed by atoms with Crippen molar-refractivity contribution in [2.75, 3.05) is 38.6 Å². The first-order valence-corrected chi connectivity index (χ1v) is 8.90. The van der Waals surface area contributed by atoms with Gasteiger partial charge in [0.25, 0.3) is 0 Å². The lowest BCUT2D eigenvalue weighted by Crippen LogP contribution is -2.38. The zero-order chi connectivity index (χ0) is 14.1. The van der Waals surface area contributed by atoms with E-state index in [1.165, 1.54) is 0 Å². The third-order valence-corrected chi connectivity index (χ3v) is 4.65. The Morgan fingerprint density at radius 1 is 1.42 bits per heavy atom. The number of hydrogen-bond donors (Lipinski definition) is 2. The van der Waals surface area contributed by atoms with Crippen LogP contribution in [0.4, 0.5) is 0 Å². The summed E-state index contributed by atoms with van der Waals surface area (Å²) in [5, 5.41) is 3.24. The lowest BCUT2D eigenvalue weighted by Gasteiger charge is -2.22. The van der Waals surface area contributed by atoms with Gasteiger partial charge in [-0.2, -0.15) is 0 Å². The highest BCUT2D eigenvalue weighted by molar-refractivity contribution is 7.89. The predicted molar refractivity (Wildman–Crippen MR) is 77.7 cm³/mol. The molecule has 1 aliphatic rings. The number of sulfonamides is 1. The molecule has 2 N–H and O–H groups in total. The quantitative estimate of drug-likeness (QED) is 0.621. The van der Waals surface area contributed by atoms with Gasteiger partial charge in [-0.25, -0.2) is 13.1 Å². The maximum atomic E-state index is 11.9.